The number of carboxylic acids is 2. The molecule has 0 saturated heterocycles. The van der Waals surface area contributed by atoms with Gasteiger partial charge in [-0.05, 0) is 26.8 Å². The highest BCUT2D eigenvalue weighted by atomic mass is 33.1. The van der Waals surface area contributed by atoms with Crippen molar-refractivity contribution in [1.29, 1.82) is 0 Å². The van der Waals surface area contributed by atoms with Crippen molar-refractivity contribution >= 4 is 39.4 Å². The molecule has 0 aliphatic rings. The predicted octanol–water partition coefficient (Wildman–Crippen LogP) is 3.61. The number of hydrogen-bond acceptors (Lipinski definition) is 7. The third-order valence-electron chi connectivity index (χ3n) is 3.72. The average Bonchev–Trinajstić information content (AvgIpc) is 3.22. The number of aromatic nitrogens is 2. The molecule has 14 heteroatoms. The summed E-state index contributed by atoms with van der Waals surface area (Å²) in [5.41, 5.74) is 2.34. The lowest BCUT2D eigenvalue weighted by Crippen LogP contribution is -2.26. The molecule has 0 spiro atoms. The Balaban J connectivity index is 0.000000633. The lowest BCUT2D eigenvalue weighted by molar-refractivity contribution is -0.192. The van der Waals surface area contributed by atoms with Gasteiger partial charge < -0.3 is 20.1 Å². The molecule has 0 aliphatic carbocycles. The van der Waals surface area contributed by atoms with Gasteiger partial charge in [0.1, 0.15) is 5.76 Å². The number of nitrogens with zero attached hydrogens (tertiary/aromatic N) is 2. The van der Waals surface area contributed by atoms with E-state index in [2.05, 4.69) is 10.5 Å². The van der Waals surface area contributed by atoms with E-state index in [-0.39, 0.29) is 12.3 Å². The summed E-state index contributed by atoms with van der Waals surface area (Å²) in [7, 11) is 3.06. The van der Waals surface area contributed by atoms with Gasteiger partial charge in [0.05, 0.1) is 12.0 Å². The van der Waals surface area contributed by atoms with Crippen LogP contribution in [0.5, 0.6) is 0 Å². The van der Waals surface area contributed by atoms with E-state index < -0.39 is 18.1 Å². The zero-order valence-electron chi connectivity index (χ0n) is 17.4. The van der Waals surface area contributed by atoms with Gasteiger partial charge in [0.25, 0.3) is 5.91 Å². The minimum Gasteiger partial charge on any atom is -0.481 e. The summed E-state index contributed by atoms with van der Waals surface area (Å²) in [5, 5.41) is 22.6. The van der Waals surface area contributed by atoms with E-state index in [0.717, 1.165) is 17.1 Å². The van der Waals surface area contributed by atoms with E-state index in [1.165, 1.54) is 10.8 Å². The Bertz CT molecular complexity index is 943. The number of carboxylic acid groups (broad SMARTS) is 2. The van der Waals surface area contributed by atoms with Crippen molar-refractivity contribution in [2.24, 2.45) is 0 Å². The van der Waals surface area contributed by atoms with Crippen molar-refractivity contribution in [3.05, 3.63) is 34.8 Å². The number of halogens is 3. The molecule has 32 heavy (non-hydrogen) atoms. The molecule has 0 bridgehead atoms. The van der Waals surface area contributed by atoms with Gasteiger partial charge in [-0.15, -0.1) is 0 Å². The monoisotopic (exact) mass is 497 g/mol. The lowest BCUT2D eigenvalue weighted by atomic mass is 10.2. The molecule has 0 atom stereocenters. The summed E-state index contributed by atoms with van der Waals surface area (Å²) in [4.78, 5) is 31.7. The molecule has 0 radical (unpaired) electrons. The van der Waals surface area contributed by atoms with E-state index in [1.54, 1.807) is 10.8 Å². The summed E-state index contributed by atoms with van der Waals surface area (Å²) in [5.74, 6) is -1.02. The van der Waals surface area contributed by atoms with E-state index in [0.29, 0.717) is 29.4 Å². The number of rotatable bonds is 9. The molecule has 9 nitrogen and oxygen atoms in total. The van der Waals surface area contributed by atoms with Crippen molar-refractivity contribution in [2.75, 3.05) is 18.1 Å². The first kappa shape index (κ1) is 27.4. The van der Waals surface area contributed by atoms with Crippen LogP contribution in [-0.2, 0) is 9.59 Å². The molecule has 0 aromatic carbocycles. The number of amides is 1. The van der Waals surface area contributed by atoms with Gasteiger partial charge in [-0.2, -0.15) is 13.2 Å². The summed E-state index contributed by atoms with van der Waals surface area (Å²) in [6, 6.07) is 3.66. The van der Waals surface area contributed by atoms with Crippen LogP contribution in [0.3, 0.4) is 0 Å². The van der Waals surface area contributed by atoms with E-state index in [1.807, 2.05) is 37.5 Å². The van der Waals surface area contributed by atoms with Crippen LogP contribution in [0.2, 0.25) is 0 Å². The molecule has 0 saturated carbocycles. The van der Waals surface area contributed by atoms with Crippen LogP contribution >= 0.6 is 21.6 Å². The fourth-order valence-electron chi connectivity index (χ4n) is 2.35. The highest BCUT2D eigenvalue weighted by Crippen LogP contribution is 2.22. The fraction of sp³-hybridized carbons (Fsp3) is 0.444. The lowest BCUT2D eigenvalue weighted by Gasteiger charge is -2.06. The molecule has 2 aromatic heterocycles. The van der Waals surface area contributed by atoms with Crippen molar-refractivity contribution in [2.45, 2.75) is 33.4 Å². The SMILES string of the molecule is Cc1cc(-n2c(C)cc(C(=O)NCCSSCCC(=O)O)c2C)no1.O=C(O)C(F)(F)F. The predicted molar refractivity (Wildman–Crippen MR) is 113 cm³/mol. The second-order valence-electron chi connectivity index (χ2n) is 6.26. The smallest absolute Gasteiger partial charge is 0.481 e. The number of alkyl halides is 3. The second-order valence-corrected chi connectivity index (χ2v) is 8.96. The molecule has 2 heterocycles. The molecule has 0 fully saturated rings. The van der Waals surface area contributed by atoms with Crippen LogP contribution in [0.25, 0.3) is 5.82 Å². The maximum Gasteiger partial charge on any atom is 0.490 e. The molecule has 2 rings (SSSR count). The molecular formula is C18H22F3N3O6S2. The van der Waals surface area contributed by atoms with Crippen molar-refractivity contribution in [1.82, 2.24) is 15.0 Å². The van der Waals surface area contributed by atoms with Gasteiger partial charge in [-0.25, -0.2) is 4.79 Å². The molecular weight excluding hydrogens is 475 g/mol. The van der Waals surface area contributed by atoms with Crippen LogP contribution in [0.15, 0.2) is 16.7 Å². The first-order chi connectivity index (χ1) is 14.8. The molecule has 1 amide bonds. The van der Waals surface area contributed by atoms with Gasteiger partial charge in [-0.3, -0.25) is 14.2 Å². The molecule has 0 aliphatic heterocycles. The van der Waals surface area contributed by atoms with Crippen LogP contribution in [0.1, 0.15) is 33.9 Å². The fourth-order valence-corrected chi connectivity index (χ4v) is 4.24. The van der Waals surface area contributed by atoms with Crippen molar-refractivity contribution in [3.63, 3.8) is 0 Å². The molecule has 2 aromatic rings. The molecule has 178 valence electrons. The van der Waals surface area contributed by atoms with Crippen molar-refractivity contribution < 1.29 is 42.3 Å². The Morgan fingerprint density at radius 2 is 1.72 bits per heavy atom. The first-order valence-corrected chi connectivity index (χ1v) is 11.5. The second kappa shape index (κ2) is 12.4. The minimum absolute atomic E-state index is 0.129. The quantitative estimate of drug-likeness (QED) is 0.351. The normalized spacial score (nSPS) is 10.9. The van der Waals surface area contributed by atoms with Gasteiger partial charge in [0.2, 0.25) is 0 Å². The third kappa shape index (κ3) is 8.86. The topological polar surface area (TPSA) is 135 Å². The van der Waals surface area contributed by atoms with E-state index >= 15 is 0 Å². The Morgan fingerprint density at radius 1 is 1.12 bits per heavy atom. The van der Waals surface area contributed by atoms with Crippen molar-refractivity contribution in [3.8, 4) is 5.82 Å². The maximum absolute atomic E-state index is 12.4. The Hall–Kier alpha value is -2.61. The van der Waals surface area contributed by atoms with Crippen LogP contribution in [0.4, 0.5) is 13.2 Å². The summed E-state index contributed by atoms with van der Waals surface area (Å²) >= 11 is 0. The minimum atomic E-state index is -5.08. The Labute approximate surface area is 189 Å². The zero-order chi connectivity index (χ0) is 24.5. The average molecular weight is 498 g/mol. The standard InChI is InChI=1S/C16H21N3O4S2.C2HF3O2/c1-10-8-13(12(3)19(10)14-9-11(2)23-18-14)16(22)17-5-7-25-24-6-4-15(20)21;3-2(4,5)1(6)7/h8-9H,4-7H2,1-3H3,(H,17,22)(H,20,21);(H,6,7). The Kier molecular flexibility index (Phi) is 10.7. The van der Waals surface area contributed by atoms with Gasteiger partial charge >= 0.3 is 18.1 Å². The van der Waals surface area contributed by atoms with Crippen LogP contribution in [0, 0.1) is 20.8 Å². The van der Waals surface area contributed by atoms with Crippen LogP contribution in [-0.4, -0.2) is 62.0 Å². The molecule has 3 N–H and O–H groups in total. The van der Waals surface area contributed by atoms with Gasteiger partial charge in [0, 0.05) is 35.5 Å². The third-order valence-corrected chi connectivity index (χ3v) is 6.12. The largest absolute Gasteiger partial charge is 0.490 e. The number of carbonyl (C=O) groups is 3. The van der Waals surface area contributed by atoms with Gasteiger partial charge in [-0.1, -0.05) is 26.7 Å². The maximum atomic E-state index is 12.4. The zero-order valence-corrected chi connectivity index (χ0v) is 19.0. The first-order valence-electron chi connectivity index (χ1n) is 9.01. The number of carbonyl (C=O) groups excluding carboxylic acids is 1. The Morgan fingerprint density at radius 3 is 2.22 bits per heavy atom. The summed E-state index contributed by atoms with van der Waals surface area (Å²) in [6.07, 6.45) is -4.93. The number of nitrogens with one attached hydrogen (secondary N) is 1. The number of hydrogen-bond donors (Lipinski definition) is 3. The van der Waals surface area contributed by atoms with E-state index in [9.17, 15) is 22.8 Å². The number of aryl methyl sites for hydroxylation is 2. The van der Waals surface area contributed by atoms with Gasteiger partial charge in [0.15, 0.2) is 5.82 Å². The summed E-state index contributed by atoms with van der Waals surface area (Å²) in [6.45, 7) is 6.14. The molecule has 0 unspecified atom stereocenters. The highest BCUT2D eigenvalue weighted by molar-refractivity contribution is 8.76. The number of aliphatic carboxylic acids is 2. The van der Waals surface area contributed by atoms with Crippen LogP contribution < -0.4 is 5.32 Å². The van der Waals surface area contributed by atoms with E-state index in [4.69, 9.17) is 19.5 Å². The highest BCUT2D eigenvalue weighted by Gasteiger charge is 2.38. The summed E-state index contributed by atoms with van der Waals surface area (Å²) < 4.78 is 38.7.